The van der Waals surface area contributed by atoms with Crippen molar-refractivity contribution in [3.8, 4) is 0 Å². The van der Waals surface area contributed by atoms with Crippen LogP contribution < -0.4 is 5.32 Å². The second-order valence-corrected chi connectivity index (χ2v) is 4.47. The van der Waals surface area contributed by atoms with Gasteiger partial charge in [0.2, 0.25) is 0 Å². The van der Waals surface area contributed by atoms with E-state index >= 15 is 0 Å². The maximum Gasteiger partial charge on any atom is 0.150 e. The Morgan fingerprint density at radius 2 is 2.53 bits per heavy atom. The fourth-order valence-electron chi connectivity index (χ4n) is 2.20. The monoisotopic (exact) mass is 237 g/mol. The highest BCUT2D eigenvalue weighted by atomic mass is 16.5. The highest BCUT2D eigenvalue weighted by Gasteiger charge is 2.28. The number of ether oxygens (including phenoxy) is 1. The van der Waals surface area contributed by atoms with Crippen molar-refractivity contribution in [2.75, 3.05) is 13.7 Å². The maximum absolute atomic E-state index is 12.0. The molecule has 2 heterocycles. The number of carbonyl (C=O) groups is 1. The smallest absolute Gasteiger partial charge is 0.150 e. The molecule has 0 aliphatic carbocycles. The third kappa shape index (κ3) is 2.92. The molecule has 1 saturated heterocycles. The summed E-state index contributed by atoms with van der Waals surface area (Å²) in [6.45, 7) is 0.776. The summed E-state index contributed by atoms with van der Waals surface area (Å²) in [5.74, 6) is 0.269. The number of aromatic nitrogens is 2. The van der Waals surface area contributed by atoms with Crippen molar-refractivity contribution in [1.29, 1.82) is 0 Å². The zero-order valence-corrected chi connectivity index (χ0v) is 10.3. The molecular formula is C12H19N3O2. The molecule has 2 rings (SSSR count). The molecular weight excluding hydrogens is 218 g/mol. The lowest BCUT2D eigenvalue weighted by Crippen LogP contribution is -2.30. The molecule has 94 valence electrons. The van der Waals surface area contributed by atoms with Gasteiger partial charge in [-0.2, -0.15) is 5.10 Å². The van der Waals surface area contributed by atoms with Crippen molar-refractivity contribution in [1.82, 2.24) is 15.1 Å². The number of carbonyl (C=O) groups excluding carboxylic acids is 1. The summed E-state index contributed by atoms with van der Waals surface area (Å²) in [5, 5.41) is 7.29. The Morgan fingerprint density at radius 1 is 1.71 bits per heavy atom. The topological polar surface area (TPSA) is 56.1 Å². The molecule has 2 unspecified atom stereocenters. The van der Waals surface area contributed by atoms with E-state index in [1.54, 1.807) is 13.3 Å². The Hall–Kier alpha value is -1.20. The number of hydrogen-bond acceptors (Lipinski definition) is 4. The summed E-state index contributed by atoms with van der Waals surface area (Å²) in [6.07, 6.45) is 4.05. The van der Waals surface area contributed by atoms with Gasteiger partial charge in [0, 0.05) is 39.0 Å². The van der Waals surface area contributed by atoms with Gasteiger partial charge in [0.05, 0.1) is 12.1 Å². The van der Waals surface area contributed by atoms with Crippen molar-refractivity contribution in [2.45, 2.75) is 31.4 Å². The van der Waals surface area contributed by atoms with Crippen LogP contribution in [0.2, 0.25) is 0 Å². The molecule has 1 aromatic rings. The number of methoxy groups -OCH3 is 1. The van der Waals surface area contributed by atoms with Gasteiger partial charge in [-0.15, -0.1) is 0 Å². The molecule has 5 heteroatoms. The number of hydrogen-bond donors (Lipinski definition) is 1. The van der Waals surface area contributed by atoms with Gasteiger partial charge in [0.15, 0.2) is 0 Å². The van der Waals surface area contributed by atoms with E-state index in [1.165, 1.54) is 0 Å². The quantitative estimate of drug-likeness (QED) is 0.800. The minimum absolute atomic E-state index is 0.0341. The highest BCUT2D eigenvalue weighted by molar-refractivity contribution is 5.84. The first kappa shape index (κ1) is 12.3. The van der Waals surface area contributed by atoms with Crippen LogP contribution in [-0.2, 0) is 23.0 Å². The molecule has 1 fully saturated rings. The minimum Gasteiger partial charge on any atom is -0.380 e. The lowest BCUT2D eigenvalue weighted by atomic mass is 10.0. The molecule has 17 heavy (non-hydrogen) atoms. The van der Waals surface area contributed by atoms with E-state index in [1.807, 2.05) is 17.8 Å². The van der Waals surface area contributed by atoms with Crippen molar-refractivity contribution >= 4 is 5.78 Å². The predicted molar refractivity (Wildman–Crippen MR) is 63.7 cm³/mol. The van der Waals surface area contributed by atoms with Gasteiger partial charge >= 0.3 is 0 Å². The third-order valence-corrected chi connectivity index (χ3v) is 3.36. The van der Waals surface area contributed by atoms with Crippen LogP contribution in [0.4, 0.5) is 0 Å². The summed E-state index contributed by atoms with van der Waals surface area (Å²) in [7, 11) is 3.59. The fourth-order valence-corrected chi connectivity index (χ4v) is 2.20. The van der Waals surface area contributed by atoms with E-state index in [0.717, 1.165) is 25.1 Å². The summed E-state index contributed by atoms with van der Waals surface area (Å²) in [4.78, 5) is 12.0. The van der Waals surface area contributed by atoms with Gasteiger partial charge in [0.25, 0.3) is 0 Å². The number of ketones is 1. The van der Waals surface area contributed by atoms with Crippen molar-refractivity contribution < 1.29 is 9.53 Å². The van der Waals surface area contributed by atoms with Crippen LogP contribution >= 0.6 is 0 Å². The van der Waals surface area contributed by atoms with Gasteiger partial charge in [-0.3, -0.25) is 9.48 Å². The van der Waals surface area contributed by atoms with Gasteiger partial charge in [-0.25, -0.2) is 0 Å². The Kier molecular flexibility index (Phi) is 3.91. The molecule has 1 aliphatic rings. The van der Waals surface area contributed by atoms with E-state index in [4.69, 9.17) is 4.74 Å². The van der Waals surface area contributed by atoms with Crippen molar-refractivity contribution in [3.63, 3.8) is 0 Å². The Morgan fingerprint density at radius 3 is 3.12 bits per heavy atom. The van der Waals surface area contributed by atoms with E-state index in [0.29, 0.717) is 6.42 Å². The number of Topliss-reactive ketones (excluding diaryl/α,β-unsaturated/α-hetero) is 1. The van der Waals surface area contributed by atoms with Gasteiger partial charge < -0.3 is 10.1 Å². The van der Waals surface area contributed by atoms with Gasteiger partial charge in [-0.05, 0) is 18.9 Å². The Bertz CT molecular complexity index is 389. The molecule has 5 nitrogen and oxygen atoms in total. The Balaban J connectivity index is 1.80. The molecule has 0 spiro atoms. The van der Waals surface area contributed by atoms with Crippen LogP contribution in [0, 0.1) is 0 Å². The first-order chi connectivity index (χ1) is 8.20. The van der Waals surface area contributed by atoms with Crippen LogP contribution in [0.5, 0.6) is 0 Å². The zero-order valence-electron chi connectivity index (χ0n) is 10.3. The van der Waals surface area contributed by atoms with E-state index < -0.39 is 0 Å². The first-order valence-corrected chi connectivity index (χ1v) is 5.96. The minimum atomic E-state index is -0.0341. The molecule has 1 aromatic heterocycles. The average molecular weight is 237 g/mol. The molecule has 1 N–H and O–H groups in total. The van der Waals surface area contributed by atoms with Crippen molar-refractivity contribution in [3.05, 3.63) is 18.0 Å². The van der Waals surface area contributed by atoms with E-state index in [9.17, 15) is 4.79 Å². The zero-order chi connectivity index (χ0) is 12.3. The van der Waals surface area contributed by atoms with Crippen LogP contribution in [0.1, 0.15) is 18.5 Å². The SMILES string of the molecule is COC1CNC(C(=O)CCc2ccnn2C)C1. The van der Waals surface area contributed by atoms with Gasteiger partial charge in [-0.1, -0.05) is 0 Å². The number of nitrogens with zero attached hydrogens (tertiary/aromatic N) is 2. The number of aryl methyl sites for hydroxylation is 2. The molecule has 1 aliphatic heterocycles. The predicted octanol–water partition coefficient (Wildman–Crippen LogP) is 0.299. The summed E-state index contributed by atoms with van der Waals surface area (Å²) in [6, 6.07) is 1.92. The van der Waals surface area contributed by atoms with Crippen LogP contribution in [-0.4, -0.2) is 41.4 Å². The maximum atomic E-state index is 12.0. The third-order valence-electron chi connectivity index (χ3n) is 3.36. The van der Waals surface area contributed by atoms with E-state index in [2.05, 4.69) is 10.4 Å². The fraction of sp³-hybridized carbons (Fsp3) is 0.667. The first-order valence-electron chi connectivity index (χ1n) is 5.96. The summed E-state index contributed by atoms with van der Waals surface area (Å²) < 4.78 is 7.05. The van der Waals surface area contributed by atoms with E-state index in [-0.39, 0.29) is 17.9 Å². The van der Waals surface area contributed by atoms with Crippen LogP contribution in [0.15, 0.2) is 12.3 Å². The van der Waals surface area contributed by atoms with Crippen LogP contribution in [0.25, 0.3) is 0 Å². The molecule has 0 amide bonds. The molecule has 0 bridgehead atoms. The second kappa shape index (κ2) is 5.42. The molecule has 2 atom stereocenters. The summed E-state index contributed by atoms with van der Waals surface area (Å²) in [5.41, 5.74) is 1.10. The molecule has 0 saturated carbocycles. The lowest BCUT2D eigenvalue weighted by Gasteiger charge is -2.09. The van der Waals surface area contributed by atoms with Crippen LogP contribution in [0.3, 0.4) is 0 Å². The molecule has 0 aromatic carbocycles. The normalized spacial score (nSPS) is 24.1. The standard InChI is InChI=1S/C12H19N3O2/c1-15-9(5-6-14-15)3-4-12(16)11-7-10(17-2)8-13-11/h5-6,10-11,13H,3-4,7-8H2,1-2H3. The second-order valence-electron chi connectivity index (χ2n) is 4.47. The van der Waals surface area contributed by atoms with Gasteiger partial charge in [0.1, 0.15) is 5.78 Å². The van der Waals surface area contributed by atoms with Crippen molar-refractivity contribution in [2.24, 2.45) is 7.05 Å². The Labute approximate surface area is 101 Å². The highest BCUT2D eigenvalue weighted by Crippen LogP contribution is 2.13. The molecule has 0 radical (unpaired) electrons. The lowest BCUT2D eigenvalue weighted by molar-refractivity contribution is -0.120. The largest absolute Gasteiger partial charge is 0.380 e. The average Bonchev–Trinajstić information content (AvgIpc) is 2.94. The number of nitrogens with one attached hydrogen (secondary N) is 1. The number of rotatable bonds is 5. The summed E-state index contributed by atoms with van der Waals surface area (Å²) >= 11 is 0.